The number of ether oxygens (including phenoxy) is 6. The van der Waals surface area contributed by atoms with E-state index in [9.17, 15) is 43.5 Å². The maximum Gasteiger partial charge on any atom is 0.311 e. The van der Waals surface area contributed by atoms with Gasteiger partial charge in [-0.15, -0.1) is 0 Å². The number of aliphatic hydroxyl groups excluding tert-OH is 3. The summed E-state index contributed by atoms with van der Waals surface area (Å²) in [4.78, 5) is 27.8. The minimum atomic E-state index is -4.22. The lowest BCUT2D eigenvalue weighted by Gasteiger charge is -2.48. The quantitative estimate of drug-likeness (QED) is 0.185. The number of nitrogens with zero attached hydrogens (tertiary/aromatic N) is 2. The second-order valence-electron chi connectivity index (χ2n) is 19.4. The van der Waals surface area contributed by atoms with Crippen LogP contribution in [0.4, 0.5) is 5.69 Å². The van der Waals surface area contributed by atoms with Crippen molar-refractivity contribution in [2.75, 3.05) is 33.1 Å². The molecule has 4 rings (SSSR count). The molecule has 368 valence electrons. The Morgan fingerprint density at radius 2 is 1.58 bits per heavy atom. The van der Waals surface area contributed by atoms with Gasteiger partial charge in [-0.3, -0.25) is 9.59 Å². The van der Waals surface area contributed by atoms with E-state index in [1.165, 1.54) is 52.3 Å². The Balaban J connectivity index is 1.81. The molecule has 0 bridgehead atoms. The van der Waals surface area contributed by atoms with E-state index in [0.717, 1.165) is 4.31 Å². The standard InChI is InChI=1S/C45H77N3O15S/c1-15-34-45(11,55)38(51)28(6)47(12)23-24(2)21-43(9,54)40(26(4)37(27(5)41(53)61-34)62-35-22-44(10,58-14)39(52)29(7)60-35)63-42-36(50)33(20-25(3)59-42)48(13)64(56,57)32-18-16-31(17-19-32)46-30(8)49/h16-19,24-29,33-40,42,50-52,54-55H,15,20-23H2,1-14H3,(H,46,49)/t24-,25-,26+,27-,28-,29+,33+,34?,35+,36-,37+,38-,39+,40-,42+,43-,44-,45-/m1/s1. The molecule has 0 aromatic heterocycles. The summed E-state index contributed by atoms with van der Waals surface area (Å²) in [6.45, 7) is 18.5. The average molecular weight is 932 g/mol. The third kappa shape index (κ3) is 12.0. The van der Waals surface area contributed by atoms with Crippen LogP contribution in [-0.4, -0.2) is 173 Å². The highest BCUT2D eigenvalue weighted by molar-refractivity contribution is 7.89. The number of methoxy groups -OCH3 is 1. The van der Waals surface area contributed by atoms with E-state index in [1.807, 2.05) is 11.8 Å². The van der Waals surface area contributed by atoms with E-state index in [1.54, 1.807) is 62.4 Å². The molecule has 3 aliphatic rings. The van der Waals surface area contributed by atoms with Crippen molar-refractivity contribution in [1.29, 1.82) is 0 Å². The number of benzene rings is 1. The van der Waals surface area contributed by atoms with E-state index in [2.05, 4.69) is 5.32 Å². The number of cyclic esters (lactones) is 1. The van der Waals surface area contributed by atoms with Crippen molar-refractivity contribution in [2.45, 2.75) is 197 Å². The summed E-state index contributed by atoms with van der Waals surface area (Å²) in [5.41, 5.74) is -4.33. The first-order valence-corrected chi connectivity index (χ1v) is 23.9. The number of amides is 1. The molecular weight excluding hydrogens is 855 g/mol. The lowest BCUT2D eigenvalue weighted by molar-refractivity contribution is -0.317. The van der Waals surface area contributed by atoms with Crippen LogP contribution >= 0.6 is 0 Å². The molecule has 0 spiro atoms. The Morgan fingerprint density at radius 1 is 0.969 bits per heavy atom. The monoisotopic (exact) mass is 932 g/mol. The van der Waals surface area contributed by atoms with E-state index >= 15 is 0 Å². The van der Waals surface area contributed by atoms with Crippen LogP contribution < -0.4 is 5.32 Å². The molecule has 19 heteroatoms. The average Bonchev–Trinajstić information content (AvgIpc) is 3.21. The molecule has 1 aromatic carbocycles. The van der Waals surface area contributed by atoms with Gasteiger partial charge in [0, 0.05) is 51.7 Å². The molecule has 1 amide bonds. The van der Waals surface area contributed by atoms with E-state index in [4.69, 9.17) is 28.4 Å². The number of anilines is 1. The summed E-state index contributed by atoms with van der Waals surface area (Å²) in [6, 6.07) is 3.97. The maximum atomic E-state index is 14.4. The molecule has 1 unspecified atom stereocenters. The molecule has 0 aliphatic carbocycles. The SMILES string of the molecule is CCC1OC(=O)[C@H](C)[C@@H](O[C@H]2C[C@@](C)(OC)[C@@H](O)[C@H](C)O2)[C@H](C)[C@@H](O[C@@H]2O[C@H](C)C[C@H](N(C)S(=O)(=O)c3ccc(NC(C)=O)cc3)[C@H]2O)[C@](C)(O)C[C@@H](C)CN(C)[C@H](C)[C@@H](O)[C@]1(C)O. The predicted octanol–water partition coefficient (Wildman–Crippen LogP) is 2.62. The van der Waals surface area contributed by atoms with Gasteiger partial charge in [-0.25, -0.2) is 8.42 Å². The zero-order valence-corrected chi connectivity index (χ0v) is 40.9. The smallest absolute Gasteiger partial charge is 0.311 e. The second kappa shape index (κ2) is 21.3. The van der Waals surface area contributed by atoms with Gasteiger partial charge in [0.1, 0.15) is 30.0 Å². The fourth-order valence-electron chi connectivity index (χ4n) is 9.84. The Bertz CT molecular complexity index is 1820. The lowest BCUT2D eigenvalue weighted by Crippen LogP contribution is -2.61. The number of likely N-dealkylation sites (N-methyl/N-ethyl adjacent to an activating group) is 2. The van der Waals surface area contributed by atoms with Crippen molar-refractivity contribution in [3.63, 3.8) is 0 Å². The molecule has 64 heavy (non-hydrogen) atoms. The van der Waals surface area contributed by atoms with Crippen molar-refractivity contribution in [3.8, 4) is 0 Å². The Hall–Kier alpha value is -2.37. The van der Waals surface area contributed by atoms with Crippen molar-refractivity contribution in [3.05, 3.63) is 24.3 Å². The van der Waals surface area contributed by atoms with E-state index in [0.29, 0.717) is 12.2 Å². The number of aliphatic hydroxyl groups is 5. The minimum Gasteiger partial charge on any atom is -0.459 e. The molecule has 3 saturated heterocycles. The highest BCUT2D eigenvalue weighted by atomic mass is 32.2. The number of carbonyl (C=O) groups is 2. The molecule has 18 nitrogen and oxygen atoms in total. The van der Waals surface area contributed by atoms with Crippen molar-refractivity contribution in [1.82, 2.24) is 9.21 Å². The van der Waals surface area contributed by atoms with Crippen LogP contribution in [-0.2, 0) is 48.0 Å². The molecule has 0 radical (unpaired) electrons. The zero-order valence-electron chi connectivity index (χ0n) is 40.1. The summed E-state index contributed by atoms with van der Waals surface area (Å²) in [5, 5.41) is 61.8. The van der Waals surface area contributed by atoms with E-state index in [-0.39, 0.29) is 42.4 Å². The van der Waals surface area contributed by atoms with Crippen LogP contribution in [0.5, 0.6) is 0 Å². The summed E-state index contributed by atoms with van der Waals surface area (Å²) in [5.74, 6) is -3.45. The van der Waals surface area contributed by atoms with Crippen molar-refractivity contribution < 1.29 is 72.0 Å². The van der Waals surface area contributed by atoms with Crippen LogP contribution in [0.15, 0.2) is 29.2 Å². The fraction of sp³-hybridized carbons (Fsp3) is 0.822. The first-order chi connectivity index (χ1) is 29.5. The molecule has 3 fully saturated rings. The number of esters is 1. The first kappa shape index (κ1) is 54.2. The summed E-state index contributed by atoms with van der Waals surface area (Å²) < 4.78 is 66.8. The highest BCUT2D eigenvalue weighted by Gasteiger charge is 2.53. The second-order valence-corrected chi connectivity index (χ2v) is 21.4. The summed E-state index contributed by atoms with van der Waals surface area (Å²) >= 11 is 0. The van der Waals surface area contributed by atoms with Gasteiger partial charge >= 0.3 is 5.97 Å². The van der Waals surface area contributed by atoms with Crippen LogP contribution in [0.2, 0.25) is 0 Å². The number of rotatable bonds is 10. The highest BCUT2D eigenvalue weighted by Crippen LogP contribution is 2.40. The molecule has 6 N–H and O–H groups in total. The number of hydrogen-bond donors (Lipinski definition) is 6. The van der Waals surface area contributed by atoms with Gasteiger partial charge in [-0.2, -0.15) is 4.31 Å². The number of sulfonamides is 1. The molecule has 18 atom stereocenters. The van der Waals surface area contributed by atoms with Gasteiger partial charge in [0.25, 0.3) is 0 Å². The summed E-state index contributed by atoms with van der Waals surface area (Å²) in [6.07, 6.45) is -11.1. The third-order valence-electron chi connectivity index (χ3n) is 13.9. The van der Waals surface area contributed by atoms with Gasteiger partial charge in [0.15, 0.2) is 12.6 Å². The maximum absolute atomic E-state index is 14.4. The van der Waals surface area contributed by atoms with Crippen molar-refractivity contribution >= 4 is 27.6 Å². The Morgan fingerprint density at radius 3 is 2.14 bits per heavy atom. The van der Waals surface area contributed by atoms with Gasteiger partial charge in [-0.1, -0.05) is 20.8 Å². The molecule has 0 saturated carbocycles. The largest absolute Gasteiger partial charge is 0.459 e. The zero-order chi connectivity index (χ0) is 48.4. The molecule has 1 aromatic rings. The number of nitrogens with one attached hydrogen (secondary N) is 1. The predicted molar refractivity (Wildman–Crippen MR) is 236 cm³/mol. The van der Waals surface area contributed by atoms with Gasteiger partial charge in [0.2, 0.25) is 15.9 Å². The van der Waals surface area contributed by atoms with Crippen LogP contribution in [0, 0.1) is 17.8 Å². The van der Waals surface area contributed by atoms with Crippen LogP contribution in [0.25, 0.3) is 0 Å². The number of carbonyl (C=O) groups excluding carboxylic acids is 2. The molecule has 3 heterocycles. The van der Waals surface area contributed by atoms with Crippen molar-refractivity contribution in [2.24, 2.45) is 17.8 Å². The summed E-state index contributed by atoms with van der Waals surface area (Å²) in [7, 11) is 0.390. The van der Waals surface area contributed by atoms with Gasteiger partial charge < -0.3 is 64.2 Å². The van der Waals surface area contributed by atoms with Crippen LogP contribution in [0.3, 0.4) is 0 Å². The lowest BCUT2D eigenvalue weighted by atomic mass is 9.77. The molecule has 3 aliphatic heterocycles. The van der Waals surface area contributed by atoms with E-state index < -0.39 is 118 Å². The fourth-order valence-corrected chi connectivity index (χ4v) is 11.2. The first-order valence-electron chi connectivity index (χ1n) is 22.4. The Kier molecular flexibility index (Phi) is 18.0. The topological polar surface area (TPSA) is 243 Å². The van der Waals surface area contributed by atoms with Gasteiger partial charge in [0.05, 0.1) is 52.5 Å². The number of hydrogen-bond acceptors (Lipinski definition) is 16. The normalized spacial score (nSPS) is 42.6. The van der Waals surface area contributed by atoms with Gasteiger partial charge in [-0.05, 0) is 105 Å². The minimum absolute atomic E-state index is 0.0437. The molecular formula is C45H77N3O15S. The van der Waals surface area contributed by atoms with Crippen LogP contribution in [0.1, 0.15) is 102 Å². The Labute approximate surface area is 379 Å². The third-order valence-corrected chi connectivity index (χ3v) is 15.8.